The van der Waals surface area contributed by atoms with Crippen molar-refractivity contribution in [3.63, 3.8) is 0 Å². The summed E-state index contributed by atoms with van der Waals surface area (Å²) in [6, 6.07) is 10.3. The number of ketones is 1. The highest BCUT2D eigenvalue weighted by molar-refractivity contribution is 6.44. The van der Waals surface area contributed by atoms with Crippen LogP contribution in [-0.2, 0) is 9.59 Å². The van der Waals surface area contributed by atoms with Gasteiger partial charge in [-0.15, -0.1) is 0 Å². The monoisotopic (exact) mass is 322 g/mol. The Morgan fingerprint density at radius 2 is 1.62 bits per heavy atom. The predicted molar refractivity (Wildman–Crippen MR) is 89.8 cm³/mol. The topological polar surface area (TPSA) is 104 Å². The van der Waals surface area contributed by atoms with Gasteiger partial charge in [-0.3, -0.25) is 19.4 Å². The number of nitrogens with one attached hydrogen (secondary N) is 3. The van der Waals surface area contributed by atoms with E-state index in [9.17, 15) is 14.4 Å². The number of pyridine rings is 1. The van der Waals surface area contributed by atoms with E-state index in [1.165, 1.54) is 19.3 Å². The van der Waals surface area contributed by atoms with Crippen molar-refractivity contribution < 1.29 is 14.4 Å². The number of aromatic amines is 1. The summed E-state index contributed by atoms with van der Waals surface area (Å²) in [7, 11) is 0. The number of para-hydroxylation sites is 1. The molecule has 0 bridgehead atoms. The molecule has 0 saturated heterocycles. The van der Waals surface area contributed by atoms with Gasteiger partial charge in [-0.1, -0.05) is 18.2 Å². The maximum atomic E-state index is 12.2. The average Bonchev–Trinajstić information content (AvgIpc) is 2.95. The summed E-state index contributed by atoms with van der Waals surface area (Å²) in [6.45, 7) is 1.39. The molecule has 0 aliphatic carbocycles. The van der Waals surface area contributed by atoms with E-state index in [2.05, 4.69) is 20.6 Å². The maximum absolute atomic E-state index is 12.2. The number of hydrogen-bond donors (Lipinski definition) is 3. The molecule has 2 aromatic heterocycles. The molecular weight excluding hydrogens is 308 g/mol. The molecule has 0 atom stereocenters. The van der Waals surface area contributed by atoms with Crippen molar-refractivity contribution in [3.8, 4) is 0 Å². The van der Waals surface area contributed by atoms with Gasteiger partial charge in [0.25, 0.3) is 0 Å². The summed E-state index contributed by atoms with van der Waals surface area (Å²) in [5, 5.41) is 5.64. The first kappa shape index (κ1) is 15.4. The van der Waals surface area contributed by atoms with Gasteiger partial charge >= 0.3 is 11.8 Å². The Kier molecular flexibility index (Phi) is 4.07. The molecule has 0 fully saturated rings. The summed E-state index contributed by atoms with van der Waals surface area (Å²) in [5.41, 5.74) is 1.71. The van der Waals surface area contributed by atoms with Crippen LogP contribution >= 0.6 is 0 Å². The first-order valence-corrected chi connectivity index (χ1v) is 7.20. The Bertz CT molecular complexity index is 931. The average molecular weight is 322 g/mol. The predicted octanol–water partition coefficient (Wildman–Crippen LogP) is 2.34. The Labute approximate surface area is 137 Å². The van der Waals surface area contributed by atoms with Crippen LogP contribution in [0.1, 0.15) is 17.4 Å². The first-order valence-electron chi connectivity index (χ1n) is 7.20. The van der Waals surface area contributed by atoms with Crippen molar-refractivity contribution in [2.75, 3.05) is 10.6 Å². The van der Waals surface area contributed by atoms with Gasteiger partial charge in [0.15, 0.2) is 5.78 Å². The lowest BCUT2D eigenvalue weighted by molar-refractivity contribution is -0.132. The molecule has 0 aliphatic heterocycles. The molecule has 7 heteroatoms. The quantitative estimate of drug-likeness (QED) is 0.508. The van der Waals surface area contributed by atoms with E-state index in [-0.39, 0.29) is 11.5 Å². The second kappa shape index (κ2) is 6.33. The molecule has 0 radical (unpaired) electrons. The standard InChI is InChI=1S/C17H14N4O3/c1-10(22)14-15(12-4-2-3-5-13(12)20-14)21-17(24)16(23)19-11-6-8-18-9-7-11/h2-9,20H,1H3,(H,21,24)(H,18,19,23). The molecular formula is C17H14N4O3. The van der Waals surface area contributed by atoms with E-state index in [1.807, 2.05) is 6.07 Å². The summed E-state index contributed by atoms with van der Waals surface area (Å²) in [6.07, 6.45) is 3.00. The van der Waals surface area contributed by atoms with Crippen molar-refractivity contribution >= 4 is 39.9 Å². The molecule has 3 rings (SSSR count). The van der Waals surface area contributed by atoms with E-state index in [0.717, 1.165) is 0 Å². The van der Waals surface area contributed by atoms with Gasteiger partial charge in [0.2, 0.25) is 0 Å². The zero-order valence-electron chi connectivity index (χ0n) is 12.8. The van der Waals surface area contributed by atoms with E-state index in [0.29, 0.717) is 22.3 Å². The number of hydrogen-bond acceptors (Lipinski definition) is 4. The van der Waals surface area contributed by atoms with Crippen LogP contribution in [0.5, 0.6) is 0 Å². The number of aromatic nitrogens is 2. The van der Waals surface area contributed by atoms with Crippen LogP contribution in [0.3, 0.4) is 0 Å². The van der Waals surface area contributed by atoms with E-state index >= 15 is 0 Å². The fourth-order valence-corrected chi connectivity index (χ4v) is 2.33. The van der Waals surface area contributed by atoms with Gasteiger partial charge < -0.3 is 15.6 Å². The number of carbonyl (C=O) groups excluding carboxylic acids is 3. The second-order valence-corrected chi connectivity index (χ2v) is 5.12. The maximum Gasteiger partial charge on any atom is 0.314 e. The van der Waals surface area contributed by atoms with Gasteiger partial charge in [-0.05, 0) is 18.2 Å². The van der Waals surface area contributed by atoms with Crippen molar-refractivity contribution in [1.82, 2.24) is 9.97 Å². The van der Waals surface area contributed by atoms with Crippen LogP contribution in [0.15, 0.2) is 48.8 Å². The minimum absolute atomic E-state index is 0.240. The fourth-order valence-electron chi connectivity index (χ4n) is 2.33. The van der Waals surface area contributed by atoms with Crippen LogP contribution in [0.25, 0.3) is 10.9 Å². The Balaban J connectivity index is 1.86. The van der Waals surface area contributed by atoms with Crippen molar-refractivity contribution in [2.24, 2.45) is 0 Å². The Hall–Kier alpha value is -3.48. The van der Waals surface area contributed by atoms with E-state index in [1.54, 1.807) is 30.3 Å². The number of nitrogens with zero attached hydrogens (tertiary/aromatic N) is 1. The Morgan fingerprint density at radius 3 is 2.33 bits per heavy atom. The highest BCUT2D eigenvalue weighted by Gasteiger charge is 2.20. The fraction of sp³-hybridized carbons (Fsp3) is 0.0588. The number of anilines is 2. The number of fused-ring (bicyclic) bond motifs is 1. The molecule has 7 nitrogen and oxygen atoms in total. The minimum Gasteiger partial charge on any atom is -0.350 e. The minimum atomic E-state index is -0.862. The van der Waals surface area contributed by atoms with Crippen LogP contribution in [0.2, 0.25) is 0 Å². The molecule has 24 heavy (non-hydrogen) atoms. The lowest BCUT2D eigenvalue weighted by Crippen LogP contribution is -2.29. The largest absolute Gasteiger partial charge is 0.350 e. The highest BCUT2D eigenvalue weighted by atomic mass is 16.2. The van der Waals surface area contributed by atoms with Crippen LogP contribution in [0.4, 0.5) is 11.4 Å². The van der Waals surface area contributed by atoms with Crippen LogP contribution < -0.4 is 10.6 Å². The molecule has 2 heterocycles. The lowest BCUT2D eigenvalue weighted by Gasteiger charge is -2.07. The zero-order chi connectivity index (χ0) is 17.1. The molecule has 3 N–H and O–H groups in total. The Morgan fingerprint density at radius 1 is 0.958 bits per heavy atom. The first-order chi connectivity index (χ1) is 11.6. The molecule has 0 unspecified atom stereocenters. The molecule has 0 aliphatic rings. The van der Waals surface area contributed by atoms with Crippen molar-refractivity contribution in [2.45, 2.75) is 6.92 Å². The van der Waals surface area contributed by atoms with Crippen molar-refractivity contribution in [1.29, 1.82) is 0 Å². The summed E-state index contributed by atoms with van der Waals surface area (Å²) < 4.78 is 0. The third-order valence-electron chi connectivity index (χ3n) is 3.44. The lowest BCUT2D eigenvalue weighted by atomic mass is 10.2. The molecule has 1 aromatic carbocycles. The number of amides is 2. The third kappa shape index (κ3) is 3.00. The zero-order valence-corrected chi connectivity index (χ0v) is 12.8. The summed E-state index contributed by atoms with van der Waals surface area (Å²) in [4.78, 5) is 42.8. The molecule has 3 aromatic rings. The summed E-state index contributed by atoms with van der Waals surface area (Å²) in [5.74, 6) is -1.93. The smallest absolute Gasteiger partial charge is 0.314 e. The SMILES string of the molecule is CC(=O)c1[nH]c2ccccc2c1NC(=O)C(=O)Nc1ccncc1. The normalized spacial score (nSPS) is 10.4. The number of Topliss-reactive ketones (excluding diaryl/α,β-unsaturated/α-hetero) is 1. The highest BCUT2D eigenvalue weighted by Crippen LogP contribution is 2.28. The van der Waals surface area contributed by atoms with Crippen molar-refractivity contribution in [3.05, 3.63) is 54.5 Å². The van der Waals surface area contributed by atoms with E-state index < -0.39 is 11.8 Å². The number of H-pyrrole nitrogens is 1. The third-order valence-corrected chi connectivity index (χ3v) is 3.44. The molecule has 2 amide bonds. The van der Waals surface area contributed by atoms with E-state index in [4.69, 9.17) is 0 Å². The van der Waals surface area contributed by atoms with Crippen LogP contribution in [0, 0.1) is 0 Å². The van der Waals surface area contributed by atoms with Gasteiger partial charge in [0.1, 0.15) is 5.69 Å². The number of rotatable bonds is 3. The summed E-state index contributed by atoms with van der Waals surface area (Å²) >= 11 is 0. The van der Waals surface area contributed by atoms with Gasteiger partial charge in [-0.2, -0.15) is 0 Å². The molecule has 0 spiro atoms. The molecule has 120 valence electrons. The number of carbonyl (C=O) groups is 3. The van der Waals surface area contributed by atoms with Gasteiger partial charge in [0.05, 0.1) is 5.69 Å². The van der Waals surface area contributed by atoms with Crippen LogP contribution in [-0.4, -0.2) is 27.6 Å². The van der Waals surface area contributed by atoms with Gasteiger partial charge in [0, 0.05) is 35.9 Å². The number of benzene rings is 1. The van der Waals surface area contributed by atoms with Gasteiger partial charge in [-0.25, -0.2) is 0 Å². The second-order valence-electron chi connectivity index (χ2n) is 5.12. The molecule has 0 saturated carbocycles.